The summed E-state index contributed by atoms with van der Waals surface area (Å²) in [5.74, 6) is -3.33. The van der Waals surface area contributed by atoms with E-state index in [1.165, 1.54) is 0 Å². The fraction of sp³-hybridized carbons (Fsp3) is 0.250. The molecular weight excluding hydrogens is 464 g/mol. The van der Waals surface area contributed by atoms with Crippen LogP contribution in [0.15, 0.2) is 85.3 Å². The van der Waals surface area contributed by atoms with Crippen LogP contribution in [0.1, 0.15) is 25.0 Å². The first-order valence-corrected chi connectivity index (χ1v) is 9.58. The standard InChI is InChI=1S/2C7H8O.2C5H8O3.Ti/c2*8-6-7-4-2-1-3-5-7;2*1-3-8-4(2)5(6)7;/h2*1-5,8H,6H2;2*2-3H2,1H3,(H,6,7);/q;;;;+2/p-2. The van der Waals surface area contributed by atoms with Gasteiger partial charge in [0, 0.05) is 0 Å². The Morgan fingerprint density at radius 1 is 0.727 bits per heavy atom. The smallest absolute Gasteiger partial charge is 0.542 e. The summed E-state index contributed by atoms with van der Waals surface area (Å²) in [6.45, 7) is 10.4. The van der Waals surface area contributed by atoms with Crippen LogP contribution in [0, 0.1) is 0 Å². The van der Waals surface area contributed by atoms with E-state index in [4.69, 9.17) is 10.2 Å². The molecule has 0 aliphatic heterocycles. The second kappa shape index (κ2) is 23.8. The Hall–Kier alpha value is -2.91. The van der Waals surface area contributed by atoms with Crippen LogP contribution in [0.5, 0.6) is 0 Å². The zero-order valence-electron chi connectivity index (χ0n) is 18.9. The number of hydrogen-bond acceptors (Lipinski definition) is 8. The Morgan fingerprint density at radius 3 is 1.12 bits per heavy atom. The number of aliphatic carboxylic acids is 2. The van der Waals surface area contributed by atoms with E-state index in [-0.39, 0.29) is 46.4 Å². The zero-order valence-corrected chi connectivity index (χ0v) is 20.4. The van der Waals surface area contributed by atoms with E-state index in [2.05, 4.69) is 22.6 Å². The van der Waals surface area contributed by atoms with E-state index >= 15 is 0 Å². The molecule has 9 heteroatoms. The molecule has 0 atom stereocenters. The van der Waals surface area contributed by atoms with Crippen LogP contribution in [-0.4, -0.2) is 35.4 Å². The summed E-state index contributed by atoms with van der Waals surface area (Å²) >= 11 is 0. The minimum Gasteiger partial charge on any atom is -0.542 e. The van der Waals surface area contributed by atoms with Crippen molar-refractivity contribution in [1.29, 1.82) is 0 Å². The first-order chi connectivity index (χ1) is 15.2. The van der Waals surface area contributed by atoms with Gasteiger partial charge < -0.3 is 39.5 Å². The Morgan fingerprint density at radius 2 is 1.00 bits per heavy atom. The van der Waals surface area contributed by atoms with Crippen molar-refractivity contribution in [2.24, 2.45) is 0 Å². The van der Waals surface area contributed by atoms with Crippen molar-refractivity contribution in [2.75, 3.05) is 13.2 Å². The van der Waals surface area contributed by atoms with Crippen molar-refractivity contribution >= 4 is 11.9 Å². The SMILES string of the molecule is C=C(OCC)C(=O)[O-].C=C(OCC)C(=O)[O-].OCc1ccccc1.OCc1ccccc1.[Ti+2]. The zero-order chi connectivity index (χ0) is 24.8. The van der Waals surface area contributed by atoms with Crippen LogP contribution in [-0.2, 0) is 54.0 Å². The molecule has 0 amide bonds. The molecule has 0 fully saturated rings. The minimum atomic E-state index is -1.35. The fourth-order valence-corrected chi connectivity index (χ4v) is 1.63. The summed E-state index contributed by atoms with van der Waals surface area (Å²) in [5.41, 5.74) is 1.93. The molecule has 0 heterocycles. The van der Waals surface area contributed by atoms with Crippen LogP contribution in [0.4, 0.5) is 0 Å². The first kappa shape index (κ1) is 34.7. The number of carbonyl (C=O) groups is 2. The van der Waals surface area contributed by atoms with Crippen molar-refractivity contribution in [3.8, 4) is 0 Å². The van der Waals surface area contributed by atoms with Crippen molar-refractivity contribution in [2.45, 2.75) is 27.1 Å². The number of carbonyl (C=O) groups excluding carboxylic acids is 2. The van der Waals surface area contributed by atoms with Crippen molar-refractivity contribution in [3.05, 3.63) is 96.5 Å². The van der Waals surface area contributed by atoms with Gasteiger partial charge in [0.2, 0.25) is 0 Å². The molecule has 0 saturated carbocycles. The average Bonchev–Trinajstić information content (AvgIpc) is 2.81. The summed E-state index contributed by atoms with van der Waals surface area (Å²) < 4.78 is 8.89. The van der Waals surface area contributed by atoms with Gasteiger partial charge in [0.1, 0.15) is 23.5 Å². The molecule has 178 valence electrons. The molecule has 2 rings (SSSR count). The summed E-state index contributed by atoms with van der Waals surface area (Å²) in [7, 11) is 0. The van der Waals surface area contributed by atoms with Gasteiger partial charge >= 0.3 is 21.7 Å². The van der Waals surface area contributed by atoms with Crippen molar-refractivity contribution < 1.29 is 61.2 Å². The number of aliphatic hydroxyl groups excluding tert-OH is 2. The summed E-state index contributed by atoms with van der Waals surface area (Å²) in [6.07, 6.45) is 0. The van der Waals surface area contributed by atoms with Crippen molar-refractivity contribution in [1.82, 2.24) is 0 Å². The maximum atomic E-state index is 9.75. The fourth-order valence-electron chi connectivity index (χ4n) is 1.63. The molecule has 0 spiro atoms. The number of carboxylic acid groups (broad SMARTS) is 2. The minimum absolute atomic E-state index is 0. The Labute approximate surface area is 209 Å². The third kappa shape index (κ3) is 22.1. The van der Waals surface area contributed by atoms with Gasteiger partial charge in [-0.1, -0.05) is 73.8 Å². The first-order valence-electron chi connectivity index (χ1n) is 9.58. The van der Waals surface area contributed by atoms with E-state index in [0.29, 0.717) is 13.2 Å². The van der Waals surface area contributed by atoms with Gasteiger partial charge in [-0.3, -0.25) is 0 Å². The van der Waals surface area contributed by atoms with Gasteiger partial charge in [-0.15, -0.1) is 0 Å². The molecule has 0 radical (unpaired) electrons. The van der Waals surface area contributed by atoms with Crippen LogP contribution < -0.4 is 10.2 Å². The predicted molar refractivity (Wildman–Crippen MR) is 116 cm³/mol. The molecule has 33 heavy (non-hydrogen) atoms. The molecule has 2 aromatic carbocycles. The Bertz CT molecular complexity index is 712. The Kier molecular flexibility index (Phi) is 25.0. The average molecular weight is 494 g/mol. The predicted octanol–water partition coefficient (Wildman–Crippen LogP) is 0.928. The summed E-state index contributed by atoms with van der Waals surface area (Å²) in [6, 6.07) is 19.0. The summed E-state index contributed by atoms with van der Waals surface area (Å²) in [4.78, 5) is 19.5. The molecule has 0 saturated heterocycles. The third-order valence-electron chi connectivity index (χ3n) is 3.14. The van der Waals surface area contributed by atoms with Crippen LogP contribution >= 0.6 is 0 Å². The van der Waals surface area contributed by atoms with Crippen molar-refractivity contribution in [3.63, 3.8) is 0 Å². The van der Waals surface area contributed by atoms with Gasteiger partial charge in [-0.2, -0.15) is 0 Å². The monoisotopic (exact) mass is 494 g/mol. The summed E-state index contributed by atoms with van der Waals surface area (Å²) in [5, 5.41) is 36.6. The van der Waals surface area contributed by atoms with E-state index in [9.17, 15) is 19.8 Å². The molecule has 0 bridgehead atoms. The largest absolute Gasteiger partial charge is 2.00 e. The van der Waals surface area contributed by atoms with E-state index < -0.39 is 11.9 Å². The molecule has 8 nitrogen and oxygen atoms in total. The number of rotatable bonds is 8. The molecular formula is C24H30O8Ti. The molecule has 0 aliphatic rings. The number of aliphatic hydroxyl groups is 2. The van der Waals surface area contributed by atoms with Gasteiger partial charge in [0.05, 0.1) is 26.4 Å². The van der Waals surface area contributed by atoms with E-state index in [1.54, 1.807) is 13.8 Å². The molecule has 2 aromatic rings. The second-order valence-electron chi connectivity index (χ2n) is 5.57. The topological polar surface area (TPSA) is 139 Å². The van der Waals surface area contributed by atoms with Crippen LogP contribution in [0.2, 0.25) is 0 Å². The maximum Gasteiger partial charge on any atom is 2.00 e. The van der Waals surface area contributed by atoms with Gasteiger partial charge in [-0.05, 0) is 25.0 Å². The van der Waals surface area contributed by atoms with Gasteiger partial charge in [0.15, 0.2) is 0 Å². The second-order valence-corrected chi connectivity index (χ2v) is 5.57. The van der Waals surface area contributed by atoms with Crippen LogP contribution in [0.25, 0.3) is 0 Å². The number of ether oxygens (including phenoxy) is 2. The molecule has 2 N–H and O–H groups in total. The van der Waals surface area contributed by atoms with E-state index in [1.807, 2.05) is 60.7 Å². The number of benzene rings is 2. The van der Waals surface area contributed by atoms with E-state index in [0.717, 1.165) is 11.1 Å². The third-order valence-corrected chi connectivity index (χ3v) is 3.14. The molecule has 0 aliphatic carbocycles. The number of carboxylic acids is 2. The molecule has 0 unspecified atom stereocenters. The van der Waals surface area contributed by atoms with Gasteiger partial charge in [-0.25, -0.2) is 0 Å². The maximum absolute atomic E-state index is 9.75. The van der Waals surface area contributed by atoms with Gasteiger partial charge in [0.25, 0.3) is 0 Å². The Balaban J connectivity index is -0.000000360. The molecule has 0 aromatic heterocycles. The van der Waals surface area contributed by atoms with Crippen LogP contribution in [0.3, 0.4) is 0 Å². The number of hydrogen-bond donors (Lipinski definition) is 2. The quantitative estimate of drug-likeness (QED) is 0.314. The normalized spacial score (nSPS) is 8.36.